The van der Waals surface area contributed by atoms with Crippen LogP contribution in [0.2, 0.25) is 0 Å². The van der Waals surface area contributed by atoms with Gasteiger partial charge in [-0.25, -0.2) is 4.79 Å². The predicted octanol–water partition coefficient (Wildman–Crippen LogP) is 2.07. The van der Waals surface area contributed by atoms with Gasteiger partial charge in [0.1, 0.15) is 5.01 Å². The van der Waals surface area contributed by atoms with Crippen LogP contribution < -0.4 is 5.32 Å². The fraction of sp³-hybridized carbons (Fsp3) is 0.667. The van der Waals surface area contributed by atoms with Crippen molar-refractivity contribution >= 4 is 28.5 Å². The molecule has 8 heteroatoms. The highest BCUT2D eigenvalue weighted by Gasteiger charge is 2.15. The number of nitrogens with one attached hydrogen (secondary N) is 1. The number of nitrogens with zero attached hydrogens (tertiary/aromatic N) is 3. The van der Waals surface area contributed by atoms with Gasteiger partial charge in [-0.15, -0.1) is 10.2 Å². The first-order valence-electron chi connectivity index (χ1n) is 6.52. The largest absolute Gasteiger partial charge is 0.481 e. The second-order valence-electron chi connectivity index (χ2n) is 4.75. The molecule has 0 bridgehead atoms. The summed E-state index contributed by atoms with van der Waals surface area (Å²) < 4.78 is 0. The molecule has 2 amide bonds. The summed E-state index contributed by atoms with van der Waals surface area (Å²) in [5.74, 6) is -0.444. The van der Waals surface area contributed by atoms with E-state index >= 15 is 0 Å². The lowest BCUT2D eigenvalue weighted by Crippen LogP contribution is -2.36. The molecule has 2 N–H and O–H groups in total. The first kappa shape index (κ1) is 16.4. The standard InChI is InChI=1S/C12H20N4O3S/c1-4-16(6-5-10(17)18)12(19)13-11-15-14-9(20-11)7-8(2)3/h8H,4-7H2,1-3H3,(H,17,18)(H,13,15,19). The number of carbonyl (C=O) groups is 2. The van der Waals surface area contributed by atoms with Gasteiger partial charge >= 0.3 is 12.0 Å². The number of amides is 2. The fourth-order valence-corrected chi connectivity index (χ4v) is 2.48. The maximum atomic E-state index is 11.9. The topological polar surface area (TPSA) is 95.4 Å². The Labute approximate surface area is 122 Å². The summed E-state index contributed by atoms with van der Waals surface area (Å²) in [6.45, 7) is 6.59. The Hall–Kier alpha value is -1.70. The second kappa shape index (κ2) is 7.78. The molecule has 112 valence electrons. The number of urea groups is 1. The van der Waals surface area contributed by atoms with E-state index in [9.17, 15) is 9.59 Å². The number of carboxylic acids is 1. The van der Waals surface area contributed by atoms with Gasteiger partial charge in [-0.1, -0.05) is 25.2 Å². The second-order valence-corrected chi connectivity index (χ2v) is 5.81. The summed E-state index contributed by atoms with van der Waals surface area (Å²) in [4.78, 5) is 23.9. The molecule has 0 saturated heterocycles. The van der Waals surface area contributed by atoms with E-state index in [1.54, 1.807) is 6.92 Å². The van der Waals surface area contributed by atoms with Crippen LogP contribution in [0.15, 0.2) is 0 Å². The molecule has 0 aliphatic rings. The average Bonchev–Trinajstić information content (AvgIpc) is 2.75. The zero-order chi connectivity index (χ0) is 15.1. The van der Waals surface area contributed by atoms with Crippen LogP contribution in [0.1, 0.15) is 32.2 Å². The summed E-state index contributed by atoms with van der Waals surface area (Å²) >= 11 is 1.34. The molecule has 0 unspecified atom stereocenters. The van der Waals surface area contributed by atoms with Crippen molar-refractivity contribution < 1.29 is 14.7 Å². The summed E-state index contributed by atoms with van der Waals surface area (Å²) in [6, 6.07) is -0.346. The van der Waals surface area contributed by atoms with Gasteiger partial charge in [-0.05, 0) is 12.8 Å². The first-order chi connectivity index (χ1) is 9.42. The van der Waals surface area contributed by atoms with Gasteiger partial charge in [0.2, 0.25) is 5.13 Å². The van der Waals surface area contributed by atoms with E-state index in [-0.39, 0.29) is 19.0 Å². The number of hydrogen-bond acceptors (Lipinski definition) is 5. The summed E-state index contributed by atoms with van der Waals surface area (Å²) in [5, 5.41) is 20.5. The zero-order valence-electron chi connectivity index (χ0n) is 11.9. The SMILES string of the molecule is CCN(CCC(=O)O)C(=O)Nc1nnc(CC(C)C)s1. The van der Waals surface area contributed by atoms with Crippen molar-refractivity contribution in [3.05, 3.63) is 5.01 Å². The number of aromatic nitrogens is 2. The minimum atomic E-state index is -0.925. The van der Waals surface area contributed by atoms with Crippen molar-refractivity contribution in [2.75, 3.05) is 18.4 Å². The highest BCUT2D eigenvalue weighted by molar-refractivity contribution is 7.15. The Kier molecular flexibility index (Phi) is 6.37. The van der Waals surface area contributed by atoms with Gasteiger partial charge in [0.25, 0.3) is 0 Å². The summed E-state index contributed by atoms with van der Waals surface area (Å²) in [7, 11) is 0. The van der Waals surface area contributed by atoms with Crippen molar-refractivity contribution in [1.82, 2.24) is 15.1 Å². The molecule has 0 fully saturated rings. The van der Waals surface area contributed by atoms with Gasteiger partial charge < -0.3 is 10.0 Å². The third-order valence-corrected chi connectivity index (χ3v) is 3.39. The maximum Gasteiger partial charge on any atom is 0.323 e. The minimum Gasteiger partial charge on any atom is -0.481 e. The highest BCUT2D eigenvalue weighted by Crippen LogP contribution is 2.18. The number of aliphatic carboxylic acids is 1. The minimum absolute atomic E-state index is 0.0734. The van der Waals surface area contributed by atoms with Crippen LogP contribution in [0.3, 0.4) is 0 Å². The third kappa shape index (κ3) is 5.52. The van der Waals surface area contributed by atoms with Gasteiger partial charge in [0.05, 0.1) is 6.42 Å². The lowest BCUT2D eigenvalue weighted by atomic mass is 10.1. The Bertz CT molecular complexity index is 461. The van der Waals surface area contributed by atoms with Crippen LogP contribution in [-0.2, 0) is 11.2 Å². The molecular weight excluding hydrogens is 280 g/mol. The van der Waals surface area contributed by atoms with Gasteiger partial charge in [-0.3, -0.25) is 10.1 Å². The predicted molar refractivity (Wildman–Crippen MR) is 77.0 cm³/mol. The van der Waals surface area contributed by atoms with Crippen LogP contribution in [-0.4, -0.2) is 45.3 Å². The van der Waals surface area contributed by atoms with Gasteiger partial charge in [-0.2, -0.15) is 0 Å². The normalized spacial score (nSPS) is 10.6. The van der Waals surface area contributed by atoms with Gasteiger partial charge in [0, 0.05) is 19.5 Å². The smallest absolute Gasteiger partial charge is 0.323 e. The molecule has 1 aromatic rings. The average molecular weight is 300 g/mol. The molecule has 20 heavy (non-hydrogen) atoms. The van der Waals surface area contributed by atoms with E-state index in [0.29, 0.717) is 17.6 Å². The quantitative estimate of drug-likeness (QED) is 0.803. The van der Waals surface area contributed by atoms with Crippen LogP contribution in [0.4, 0.5) is 9.93 Å². The maximum absolute atomic E-state index is 11.9. The highest BCUT2D eigenvalue weighted by atomic mass is 32.1. The summed E-state index contributed by atoms with van der Waals surface area (Å²) in [5.41, 5.74) is 0. The number of carbonyl (C=O) groups excluding carboxylic acids is 1. The van der Waals surface area contributed by atoms with E-state index in [4.69, 9.17) is 5.11 Å². The third-order valence-electron chi connectivity index (χ3n) is 2.53. The Morgan fingerprint density at radius 3 is 2.65 bits per heavy atom. The summed E-state index contributed by atoms with van der Waals surface area (Å²) in [6.07, 6.45) is 0.750. The van der Waals surface area contributed by atoms with E-state index in [0.717, 1.165) is 11.4 Å². The molecule has 0 atom stereocenters. The molecule has 1 heterocycles. The lowest BCUT2D eigenvalue weighted by Gasteiger charge is -2.19. The Morgan fingerprint density at radius 1 is 1.40 bits per heavy atom. The number of carboxylic acid groups (broad SMARTS) is 1. The van der Waals surface area contributed by atoms with Crippen LogP contribution in [0, 0.1) is 5.92 Å². The van der Waals surface area contributed by atoms with Crippen molar-refractivity contribution in [2.45, 2.75) is 33.6 Å². The molecule has 0 aliphatic heterocycles. The fourth-order valence-electron chi connectivity index (χ4n) is 1.54. The Balaban J connectivity index is 2.55. The molecule has 0 aliphatic carbocycles. The van der Waals surface area contributed by atoms with Crippen molar-refractivity contribution in [1.29, 1.82) is 0 Å². The molecule has 0 saturated carbocycles. The lowest BCUT2D eigenvalue weighted by molar-refractivity contribution is -0.137. The molecule has 0 spiro atoms. The van der Waals surface area contributed by atoms with Crippen LogP contribution in [0.5, 0.6) is 0 Å². The van der Waals surface area contributed by atoms with E-state index in [1.807, 2.05) is 0 Å². The molecule has 7 nitrogen and oxygen atoms in total. The molecule has 0 radical (unpaired) electrons. The zero-order valence-corrected chi connectivity index (χ0v) is 12.7. The number of hydrogen-bond donors (Lipinski definition) is 2. The van der Waals surface area contributed by atoms with Crippen molar-refractivity contribution in [3.63, 3.8) is 0 Å². The van der Waals surface area contributed by atoms with Gasteiger partial charge in [0.15, 0.2) is 0 Å². The monoisotopic (exact) mass is 300 g/mol. The van der Waals surface area contributed by atoms with Crippen LogP contribution >= 0.6 is 11.3 Å². The van der Waals surface area contributed by atoms with E-state index in [2.05, 4.69) is 29.4 Å². The van der Waals surface area contributed by atoms with Crippen LogP contribution in [0.25, 0.3) is 0 Å². The first-order valence-corrected chi connectivity index (χ1v) is 7.34. The number of anilines is 1. The Morgan fingerprint density at radius 2 is 2.10 bits per heavy atom. The number of rotatable bonds is 7. The van der Waals surface area contributed by atoms with E-state index in [1.165, 1.54) is 16.2 Å². The van der Waals surface area contributed by atoms with E-state index < -0.39 is 5.97 Å². The molecular formula is C12H20N4O3S. The molecule has 0 aromatic carbocycles. The molecule has 1 aromatic heterocycles. The van der Waals surface area contributed by atoms with Crippen molar-refractivity contribution in [3.8, 4) is 0 Å². The molecule has 1 rings (SSSR count). The van der Waals surface area contributed by atoms with Crippen molar-refractivity contribution in [2.24, 2.45) is 5.92 Å².